The fourth-order valence-corrected chi connectivity index (χ4v) is 5.05. The Morgan fingerprint density at radius 2 is 1.71 bits per heavy atom. The molecule has 3 aromatic rings. The van der Waals surface area contributed by atoms with Gasteiger partial charge in [0, 0.05) is 40.6 Å². The standard InChI is InChI=1S/C24H29N5OS/c30-12-4-11-25-21-13-19(31-18-5-2-1-3-6-18)14-22(26-21)27-23-15-20(28-29-23)24(16-7-8-16)17-9-10-17/h1-3,5-6,13-17,24,30H,4,7-12H2,(H3,25,26,27,28,29). The number of benzene rings is 1. The van der Waals surface area contributed by atoms with E-state index in [0.717, 1.165) is 34.2 Å². The molecule has 2 aliphatic rings. The van der Waals surface area contributed by atoms with Gasteiger partial charge in [-0.2, -0.15) is 5.10 Å². The van der Waals surface area contributed by atoms with Gasteiger partial charge in [0.1, 0.15) is 11.6 Å². The topological polar surface area (TPSA) is 85.9 Å². The summed E-state index contributed by atoms with van der Waals surface area (Å²) in [7, 11) is 0. The quantitative estimate of drug-likeness (QED) is 0.302. The molecule has 6 nitrogen and oxygen atoms in total. The number of nitrogens with one attached hydrogen (secondary N) is 3. The van der Waals surface area contributed by atoms with Gasteiger partial charge in [-0.1, -0.05) is 30.0 Å². The third-order valence-corrected chi connectivity index (χ3v) is 6.87. The van der Waals surface area contributed by atoms with Crippen LogP contribution < -0.4 is 10.6 Å². The lowest BCUT2D eigenvalue weighted by Gasteiger charge is -2.12. The summed E-state index contributed by atoms with van der Waals surface area (Å²) >= 11 is 1.70. The largest absolute Gasteiger partial charge is 0.396 e. The molecule has 0 radical (unpaired) electrons. The number of aromatic amines is 1. The van der Waals surface area contributed by atoms with Crippen LogP contribution in [0.15, 0.2) is 58.3 Å². The molecule has 7 heteroatoms. The van der Waals surface area contributed by atoms with Gasteiger partial charge in [-0.3, -0.25) is 5.10 Å². The van der Waals surface area contributed by atoms with Crippen molar-refractivity contribution in [2.45, 2.75) is 47.8 Å². The second-order valence-electron chi connectivity index (χ2n) is 8.53. The van der Waals surface area contributed by atoms with Crippen LogP contribution in [0.1, 0.15) is 43.7 Å². The molecule has 2 saturated carbocycles. The number of anilines is 3. The number of H-pyrrole nitrogens is 1. The van der Waals surface area contributed by atoms with Crippen molar-refractivity contribution >= 4 is 29.2 Å². The van der Waals surface area contributed by atoms with E-state index in [-0.39, 0.29) is 6.61 Å². The van der Waals surface area contributed by atoms with Crippen LogP contribution in [0, 0.1) is 11.8 Å². The number of rotatable bonds is 11. The Balaban J connectivity index is 1.34. The van der Waals surface area contributed by atoms with E-state index in [2.05, 4.69) is 45.1 Å². The van der Waals surface area contributed by atoms with E-state index in [1.54, 1.807) is 11.8 Å². The van der Waals surface area contributed by atoms with Gasteiger partial charge in [0.05, 0.1) is 0 Å². The smallest absolute Gasteiger partial charge is 0.153 e. The summed E-state index contributed by atoms with van der Waals surface area (Å²) < 4.78 is 0. The summed E-state index contributed by atoms with van der Waals surface area (Å²) in [5.74, 6) is 4.70. The van der Waals surface area contributed by atoms with E-state index in [0.29, 0.717) is 18.9 Å². The van der Waals surface area contributed by atoms with Crippen molar-refractivity contribution in [3.63, 3.8) is 0 Å². The van der Waals surface area contributed by atoms with Gasteiger partial charge in [0.2, 0.25) is 0 Å². The summed E-state index contributed by atoms with van der Waals surface area (Å²) in [6, 6.07) is 16.6. The third-order valence-electron chi connectivity index (χ3n) is 5.89. The molecule has 0 saturated heterocycles. The van der Waals surface area contributed by atoms with Gasteiger partial charge < -0.3 is 15.7 Å². The molecular formula is C24H29N5OS. The average molecular weight is 436 g/mol. The fourth-order valence-electron chi connectivity index (χ4n) is 4.15. The minimum Gasteiger partial charge on any atom is -0.396 e. The molecule has 5 rings (SSSR count). The minimum atomic E-state index is 0.162. The molecule has 2 aromatic heterocycles. The zero-order chi connectivity index (χ0) is 21.0. The van der Waals surface area contributed by atoms with E-state index in [1.165, 1.54) is 36.3 Å². The van der Waals surface area contributed by atoms with Gasteiger partial charge >= 0.3 is 0 Å². The highest BCUT2D eigenvalue weighted by Crippen LogP contribution is 2.54. The molecule has 0 amide bonds. The van der Waals surface area contributed by atoms with Gasteiger partial charge in [-0.15, -0.1) is 0 Å². The lowest BCUT2D eigenvalue weighted by molar-refractivity contribution is 0.292. The number of hydrogen-bond donors (Lipinski definition) is 4. The number of hydrogen-bond acceptors (Lipinski definition) is 6. The van der Waals surface area contributed by atoms with Crippen molar-refractivity contribution in [1.29, 1.82) is 0 Å². The highest BCUT2D eigenvalue weighted by Gasteiger charge is 2.43. The highest BCUT2D eigenvalue weighted by molar-refractivity contribution is 7.99. The van der Waals surface area contributed by atoms with Gasteiger partial charge in [-0.25, -0.2) is 4.98 Å². The summed E-state index contributed by atoms with van der Waals surface area (Å²) in [6.07, 6.45) is 6.10. The van der Waals surface area contributed by atoms with Gasteiger partial charge in [0.25, 0.3) is 0 Å². The van der Waals surface area contributed by atoms with Gasteiger partial charge in [-0.05, 0) is 68.2 Å². The maximum Gasteiger partial charge on any atom is 0.153 e. The van der Waals surface area contributed by atoms with Crippen LogP contribution in [0.3, 0.4) is 0 Å². The normalized spacial score (nSPS) is 15.9. The van der Waals surface area contributed by atoms with E-state index < -0.39 is 0 Å². The predicted molar refractivity (Wildman–Crippen MR) is 125 cm³/mol. The van der Waals surface area contributed by atoms with Crippen LogP contribution in [-0.2, 0) is 0 Å². The Morgan fingerprint density at radius 3 is 2.42 bits per heavy atom. The second kappa shape index (κ2) is 9.32. The monoisotopic (exact) mass is 435 g/mol. The molecule has 31 heavy (non-hydrogen) atoms. The molecule has 0 spiro atoms. The van der Waals surface area contributed by atoms with Crippen molar-refractivity contribution in [1.82, 2.24) is 15.2 Å². The van der Waals surface area contributed by atoms with Crippen molar-refractivity contribution in [3.8, 4) is 0 Å². The highest BCUT2D eigenvalue weighted by atomic mass is 32.2. The number of aliphatic hydroxyl groups excluding tert-OH is 1. The first kappa shape index (κ1) is 20.4. The lowest BCUT2D eigenvalue weighted by Crippen LogP contribution is -2.06. The Morgan fingerprint density at radius 1 is 0.968 bits per heavy atom. The Labute approximate surface area is 187 Å². The first-order valence-corrected chi connectivity index (χ1v) is 12.0. The zero-order valence-electron chi connectivity index (χ0n) is 17.6. The number of nitrogens with zero attached hydrogens (tertiary/aromatic N) is 2. The summed E-state index contributed by atoms with van der Waals surface area (Å²) in [4.78, 5) is 7.00. The maximum atomic E-state index is 9.09. The van der Waals surface area contributed by atoms with Crippen molar-refractivity contribution in [3.05, 3.63) is 54.2 Å². The number of aliphatic hydroxyl groups is 1. The number of pyridine rings is 1. The summed E-state index contributed by atoms with van der Waals surface area (Å²) in [5, 5.41) is 23.6. The lowest BCUT2D eigenvalue weighted by atomic mass is 9.94. The molecule has 0 unspecified atom stereocenters. The molecule has 2 fully saturated rings. The summed E-state index contributed by atoms with van der Waals surface area (Å²) in [5.41, 5.74) is 1.27. The Bertz CT molecular complexity index is 988. The first-order valence-electron chi connectivity index (χ1n) is 11.2. The summed E-state index contributed by atoms with van der Waals surface area (Å²) in [6.45, 7) is 0.842. The minimum absolute atomic E-state index is 0.162. The van der Waals surface area contributed by atoms with Crippen molar-refractivity contribution < 1.29 is 5.11 Å². The Kier molecular flexibility index (Phi) is 6.13. The van der Waals surface area contributed by atoms with Crippen LogP contribution in [0.5, 0.6) is 0 Å². The van der Waals surface area contributed by atoms with Crippen LogP contribution in [0.25, 0.3) is 0 Å². The molecule has 0 aliphatic heterocycles. The predicted octanol–water partition coefficient (Wildman–Crippen LogP) is 5.40. The van der Waals surface area contributed by atoms with Crippen LogP contribution in [0.4, 0.5) is 17.5 Å². The molecular weight excluding hydrogens is 406 g/mol. The molecule has 0 bridgehead atoms. The molecule has 162 valence electrons. The van der Waals surface area contributed by atoms with Crippen LogP contribution in [0.2, 0.25) is 0 Å². The Hall–Kier alpha value is -2.51. The zero-order valence-corrected chi connectivity index (χ0v) is 18.4. The van der Waals surface area contributed by atoms with Crippen molar-refractivity contribution in [2.24, 2.45) is 11.8 Å². The average Bonchev–Trinajstić information content (AvgIpc) is 3.70. The maximum absolute atomic E-state index is 9.09. The molecule has 4 N–H and O–H groups in total. The fraction of sp³-hybridized carbons (Fsp3) is 0.417. The third kappa shape index (κ3) is 5.40. The van der Waals surface area contributed by atoms with Crippen molar-refractivity contribution in [2.75, 3.05) is 23.8 Å². The van der Waals surface area contributed by atoms with E-state index in [9.17, 15) is 0 Å². The van der Waals surface area contributed by atoms with Gasteiger partial charge in [0.15, 0.2) is 5.82 Å². The molecule has 1 aromatic carbocycles. The SMILES string of the molecule is OCCCNc1cc(Sc2ccccc2)cc(Nc2cc(C(C3CC3)C3CC3)[nH]n2)n1. The van der Waals surface area contributed by atoms with E-state index in [4.69, 9.17) is 10.1 Å². The first-order chi connectivity index (χ1) is 15.3. The van der Waals surface area contributed by atoms with Crippen LogP contribution >= 0.6 is 11.8 Å². The molecule has 2 heterocycles. The van der Waals surface area contributed by atoms with Crippen LogP contribution in [-0.4, -0.2) is 33.4 Å². The van der Waals surface area contributed by atoms with E-state index >= 15 is 0 Å². The second-order valence-corrected chi connectivity index (χ2v) is 9.67. The molecule has 2 aliphatic carbocycles. The number of aromatic nitrogens is 3. The van der Waals surface area contributed by atoms with E-state index in [1.807, 2.05) is 24.3 Å². The molecule has 0 atom stereocenters.